The van der Waals surface area contributed by atoms with Gasteiger partial charge in [-0.25, -0.2) is 4.98 Å². The molecule has 2 fully saturated rings. The summed E-state index contributed by atoms with van der Waals surface area (Å²) in [5.74, 6) is 1.30. The number of nitrogens with zero attached hydrogens (tertiary/aromatic N) is 5. The van der Waals surface area contributed by atoms with Crippen molar-refractivity contribution >= 4 is 17.7 Å². The van der Waals surface area contributed by atoms with Crippen LogP contribution in [-0.2, 0) is 6.54 Å². The number of aromatic nitrogens is 2. The Morgan fingerprint density at radius 2 is 1.97 bits per heavy atom. The predicted octanol–water partition coefficient (Wildman–Crippen LogP) is 3.72. The van der Waals surface area contributed by atoms with Crippen molar-refractivity contribution in [1.29, 1.82) is 0 Å². The van der Waals surface area contributed by atoms with E-state index < -0.39 is 0 Å². The van der Waals surface area contributed by atoms with E-state index in [4.69, 9.17) is 4.98 Å². The van der Waals surface area contributed by atoms with E-state index in [1.807, 2.05) is 7.05 Å². The molecule has 7 heteroatoms. The topological polar surface area (TPSA) is 64.6 Å². The maximum atomic E-state index is 13.1. The van der Waals surface area contributed by atoms with E-state index in [1.165, 1.54) is 29.5 Å². The van der Waals surface area contributed by atoms with Gasteiger partial charge in [-0.3, -0.25) is 4.79 Å². The van der Waals surface area contributed by atoms with Crippen molar-refractivity contribution < 1.29 is 4.79 Å². The van der Waals surface area contributed by atoms with E-state index in [-0.39, 0.29) is 5.91 Å². The molecule has 2 aromatic rings. The summed E-state index contributed by atoms with van der Waals surface area (Å²) in [6, 6.07) is 6.46. The van der Waals surface area contributed by atoms with Crippen molar-refractivity contribution in [2.45, 2.75) is 46.6 Å². The number of rotatable bonds is 7. The van der Waals surface area contributed by atoms with Gasteiger partial charge in [-0.2, -0.15) is 4.98 Å². The summed E-state index contributed by atoms with van der Waals surface area (Å²) in [6.45, 7) is 11.9. The quantitative estimate of drug-likeness (QED) is 0.694. The number of amides is 1. The Kier molecular flexibility index (Phi) is 6.88. The molecule has 3 heterocycles. The highest BCUT2D eigenvalue weighted by Crippen LogP contribution is 2.40. The van der Waals surface area contributed by atoms with Gasteiger partial charge in [-0.05, 0) is 63.4 Å². The standard InChI is InChI=1S/C26H38N6O/c1-6-11-31(5)24(33)22-16-28-25(32-13-10-26(18-32)9-12-30(4)17-26)29-23(22)27-15-21-8-7-19(2)20(3)14-21/h7-8,14,16H,6,9-13,15,17-18H2,1-5H3,(H,27,28,29). The van der Waals surface area contributed by atoms with E-state index in [0.29, 0.717) is 29.9 Å². The van der Waals surface area contributed by atoms with Gasteiger partial charge in [-0.1, -0.05) is 25.1 Å². The monoisotopic (exact) mass is 450 g/mol. The van der Waals surface area contributed by atoms with E-state index in [0.717, 1.165) is 38.5 Å². The van der Waals surface area contributed by atoms with Crippen molar-refractivity contribution in [3.63, 3.8) is 0 Å². The predicted molar refractivity (Wildman–Crippen MR) is 134 cm³/mol. The minimum absolute atomic E-state index is 0.0405. The van der Waals surface area contributed by atoms with E-state index in [1.54, 1.807) is 11.1 Å². The van der Waals surface area contributed by atoms with Gasteiger partial charge in [-0.15, -0.1) is 0 Å². The Hall–Kier alpha value is -2.67. The van der Waals surface area contributed by atoms with Crippen molar-refractivity contribution in [1.82, 2.24) is 19.8 Å². The normalized spacial score (nSPS) is 20.6. The van der Waals surface area contributed by atoms with Crippen LogP contribution in [0.1, 0.15) is 53.2 Å². The molecule has 1 amide bonds. The van der Waals surface area contributed by atoms with Crippen LogP contribution in [0.25, 0.3) is 0 Å². The average Bonchev–Trinajstić information content (AvgIpc) is 3.39. The lowest BCUT2D eigenvalue weighted by molar-refractivity contribution is 0.0795. The number of hydrogen-bond donors (Lipinski definition) is 1. The van der Waals surface area contributed by atoms with Gasteiger partial charge >= 0.3 is 0 Å². The van der Waals surface area contributed by atoms with Gasteiger partial charge in [0, 0.05) is 51.4 Å². The second kappa shape index (κ2) is 9.67. The summed E-state index contributed by atoms with van der Waals surface area (Å²) >= 11 is 0. The molecule has 7 nitrogen and oxygen atoms in total. The molecular formula is C26H38N6O. The molecule has 2 aliphatic heterocycles. The molecule has 1 atom stereocenters. The Labute approximate surface area is 198 Å². The molecule has 1 unspecified atom stereocenters. The molecule has 1 N–H and O–H groups in total. The third kappa shape index (κ3) is 5.13. The Bertz CT molecular complexity index is 1010. The third-order valence-corrected chi connectivity index (χ3v) is 7.29. The number of carbonyl (C=O) groups excluding carboxylic acids is 1. The second-order valence-electron chi connectivity index (χ2n) is 10.1. The lowest BCUT2D eigenvalue weighted by Crippen LogP contribution is -2.31. The minimum Gasteiger partial charge on any atom is -0.365 e. The highest BCUT2D eigenvalue weighted by Gasteiger charge is 2.43. The van der Waals surface area contributed by atoms with Gasteiger partial charge in [0.05, 0.1) is 0 Å². The zero-order valence-corrected chi connectivity index (χ0v) is 20.8. The van der Waals surface area contributed by atoms with E-state index in [9.17, 15) is 4.79 Å². The number of likely N-dealkylation sites (tertiary alicyclic amines) is 1. The lowest BCUT2D eigenvalue weighted by Gasteiger charge is -2.24. The molecule has 2 aliphatic rings. The molecule has 0 saturated carbocycles. The molecule has 1 aromatic heterocycles. The first kappa shape index (κ1) is 23.5. The van der Waals surface area contributed by atoms with E-state index >= 15 is 0 Å². The number of aryl methyl sites for hydroxylation is 2. The van der Waals surface area contributed by atoms with Crippen LogP contribution in [-0.4, -0.2) is 72.5 Å². The zero-order chi connectivity index (χ0) is 23.6. The maximum absolute atomic E-state index is 13.1. The van der Waals surface area contributed by atoms with Crippen LogP contribution in [0.2, 0.25) is 0 Å². The van der Waals surface area contributed by atoms with Crippen molar-refractivity contribution in [3.8, 4) is 0 Å². The molecule has 1 aromatic carbocycles. The Morgan fingerprint density at radius 1 is 1.18 bits per heavy atom. The fourth-order valence-electron chi connectivity index (χ4n) is 5.16. The molecule has 1 spiro atoms. The second-order valence-corrected chi connectivity index (χ2v) is 10.1. The molecule has 4 rings (SSSR count). The average molecular weight is 451 g/mol. The van der Waals surface area contributed by atoms with Crippen molar-refractivity contribution in [2.75, 3.05) is 57.0 Å². The SMILES string of the molecule is CCCN(C)C(=O)c1cnc(N2CCC3(CCN(C)C3)C2)nc1NCc1ccc(C)c(C)c1. The van der Waals surface area contributed by atoms with Crippen LogP contribution in [0, 0.1) is 19.3 Å². The fourth-order valence-corrected chi connectivity index (χ4v) is 5.16. The van der Waals surface area contributed by atoms with Crippen molar-refractivity contribution in [3.05, 3.63) is 46.6 Å². The van der Waals surface area contributed by atoms with Crippen LogP contribution in [0.15, 0.2) is 24.4 Å². The molecule has 0 aliphatic carbocycles. The highest BCUT2D eigenvalue weighted by atomic mass is 16.2. The van der Waals surface area contributed by atoms with Gasteiger partial charge in [0.15, 0.2) is 0 Å². The van der Waals surface area contributed by atoms with Crippen molar-refractivity contribution in [2.24, 2.45) is 5.41 Å². The van der Waals surface area contributed by atoms with Crippen LogP contribution in [0.3, 0.4) is 0 Å². The number of nitrogens with one attached hydrogen (secondary N) is 1. The Morgan fingerprint density at radius 3 is 2.67 bits per heavy atom. The first-order chi connectivity index (χ1) is 15.8. The Balaban J connectivity index is 1.58. The summed E-state index contributed by atoms with van der Waals surface area (Å²) in [6.07, 6.45) is 5.03. The minimum atomic E-state index is -0.0405. The smallest absolute Gasteiger partial charge is 0.258 e. The number of carbonyl (C=O) groups is 1. The fraction of sp³-hybridized carbons (Fsp3) is 0.577. The van der Waals surface area contributed by atoms with Crippen LogP contribution in [0.4, 0.5) is 11.8 Å². The maximum Gasteiger partial charge on any atom is 0.258 e. The first-order valence-electron chi connectivity index (χ1n) is 12.2. The molecule has 2 saturated heterocycles. The summed E-state index contributed by atoms with van der Waals surface area (Å²) in [4.78, 5) is 29.1. The molecular weight excluding hydrogens is 412 g/mol. The van der Waals surface area contributed by atoms with Crippen LogP contribution in [0.5, 0.6) is 0 Å². The van der Waals surface area contributed by atoms with Gasteiger partial charge in [0.1, 0.15) is 11.4 Å². The molecule has 0 bridgehead atoms. The van der Waals surface area contributed by atoms with Gasteiger partial charge in [0.25, 0.3) is 5.91 Å². The van der Waals surface area contributed by atoms with Crippen LogP contribution < -0.4 is 10.2 Å². The van der Waals surface area contributed by atoms with E-state index in [2.05, 4.69) is 66.1 Å². The zero-order valence-electron chi connectivity index (χ0n) is 20.8. The summed E-state index contributed by atoms with van der Waals surface area (Å²) < 4.78 is 0. The summed E-state index contributed by atoms with van der Waals surface area (Å²) in [7, 11) is 4.05. The highest BCUT2D eigenvalue weighted by molar-refractivity contribution is 5.98. The number of hydrogen-bond acceptors (Lipinski definition) is 6. The van der Waals surface area contributed by atoms with Gasteiger partial charge < -0.3 is 20.0 Å². The molecule has 0 radical (unpaired) electrons. The first-order valence-corrected chi connectivity index (χ1v) is 12.2. The summed E-state index contributed by atoms with van der Waals surface area (Å²) in [5, 5.41) is 3.45. The third-order valence-electron chi connectivity index (χ3n) is 7.29. The van der Waals surface area contributed by atoms with Crippen LogP contribution >= 0.6 is 0 Å². The molecule has 33 heavy (non-hydrogen) atoms. The lowest BCUT2D eigenvalue weighted by atomic mass is 9.86. The molecule has 178 valence electrons. The summed E-state index contributed by atoms with van der Waals surface area (Å²) in [5.41, 5.74) is 4.60. The number of anilines is 2. The number of benzene rings is 1. The largest absolute Gasteiger partial charge is 0.365 e. The van der Waals surface area contributed by atoms with Gasteiger partial charge in [0.2, 0.25) is 5.95 Å².